The van der Waals surface area contributed by atoms with Gasteiger partial charge in [-0.1, -0.05) is 62.6 Å². The summed E-state index contributed by atoms with van der Waals surface area (Å²) in [5, 5.41) is 12.0. The van der Waals surface area contributed by atoms with Crippen molar-refractivity contribution in [2.24, 2.45) is 0 Å². The number of carbonyl (C=O) groups excluding carboxylic acids is 2. The number of aliphatic hydroxyl groups excluding tert-OH is 1. The number of furan rings is 1. The van der Waals surface area contributed by atoms with Crippen LogP contribution in [0.15, 0.2) is 58.2 Å². The molecule has 1 saturated carbocycles. The van der Waals surface area contributed by atoms with Crippen LogP contribution in [0.3, 0.4) is 0 Å². The van der Waals surface area contributed by atoms with Gasteiger partial charge >= 0.3 is 0 Å². The van der Waals surface area contributed by atoms with Gasteiger partial charge < -0.3 is 19.2 Å². The van der Waals surface area contributed by atoms with Gasteiger partial charge in [0.1, 0.15) is 0 Å². The first-order chi connectivity index (χ1) is 16.8. The predicted molar refractivity (Wildman–Crippen MR) is 134 cm³/mol. The molecular weight excluding hydrogens is 466 g/mol. The van der Waals surface area contributed by atoms with E-state index in [1.165, 1.54) is 7.11 Å². The minimum Gasteiger partial charge on any atom is -0.503 e. The number of Topliss-reactive ketones (excluding diaryl/α,β-unsaturated/α-hetero) is 1. The number of hydrogen-bond donors (Lipinski definition) is 1. The van der Waals surface area contributed by atoms with E-state index < -0.39 is 23.5 Å². The van der Waals surface area contributed by atoms with E-state index in [2.05, 4.69) is 13.8 Å². The molecule has 0 bridgehead atoms. The molecule has 5 rings (SSSR count). The number of aliphatic hydroxyl groups is 1. The molecule has 1 unspecified atom stereocenters. The fourth-order valence-electron chi connectivity index (χ4n) is 5.29. The van der Waals surface area contributed by atoms with Gasteiger partial charge in [0.05, 0.1) is 18.7 Å². The zero-order chi connectivity index (χ0) is 24.9. The molecule has 6 nitrogen and oxygen atoms in total. The van der Waals surface area contributed by atoms with Crippen molar-refractivity contribution >= 4 is 34.3 Å². The quantitative estimate of drug-likeness (QED) is 0.384. The van der Waals surface area contributed by atoms with Crippen LogP contribution in [0.5, 0.6) is 5.75 Å². The lowest BCUT2D eigenvalue weighted by Gasteiger charge is -2.32. The SMILES string of the molecule is COc1cc(Cl)cc2cc(C(=O)C3=C(O)C(=O)N(C4CCCC4)C3c3ccc(C(C)C)cc3)oc12. The lowest BCUT2D eigenvalue weighted by molar-refractivity contribution is -0.131. The average Bonchev–Trinajstić information content (AvgIpc) is 3.57. The fraction of sp³-hybridized carbons (Fsp3) is 0.357. The van der Waals surface area contributed by atoms with Gasteiger partial charge in [0.15, 0.2) is 22.9 Å². The summed E-state index contributed by atoms with van der Waals surface area (Å²) in [4.78, 5) is 28.8. The van der Waals surface area contributed by atoms with Crippen LogP contribution in [0.2, 0.25) is 5.02 Å². The molecule has 1 N–H and O–H groups in total. The largest absolute Gasteiger partial charge is 0.503 e. The maximum atomic E-state index is 13.8. The summed E-state index contributed by atoms with van der Waals surface area (Å²) in [5.74, 6) is -0.765. The molecule has 1 amide bonds. The number of fused-ring (bicyclic) bond motifs is 1. The topological polar surface area (TPSA) is 80.0 Å². The lowest BCUT2D eigenvalue weighted by Crippen LogP contribution is -2.38. The number of carbonyl (C=O) groups is 2. The third-order valence-electron chi connectivity index (χ3n) is 7.12. The van der Waals surface area contributed by atoms with Gasteiger partial charge in [0.2, 0.25) is 5.78 Å². The smallest absolute Gasteiger partial charge is 0.290 e. The number of benzene rings is 2. The van der Waals surface area contributed by atoms with Crippen molar-refractivity contribution < 1.29 is 23.8 Å². The normalized spacial score (nSPS) is 18.9. The standard InChI is InChI=1S/C28H28ClNO5/c1-15(2)16-8-10-17(11-9-16)24-23(26(32)28(33)30(24)20-6-4-5-7-20)25(31)21-13-18-12-19(29)14-22(34-3)27(18)35-21/h8-15,20,24,32H,4-7H2,1-3H3. The first kappa shape index (κ1) is 23.5. The Labute approximate surface area is 209 Å². The number of halogens is 1. The van der Waals surface area contributed by atoms with Crippen LogP contribution in [0.25, 0.3) is 11.0 Å². The monoisotopic (exact) mass is 493 g/mol. The van der Waals surface area contributed by atoms with Crippen LogP contribution < -0.4 is 4.74 Å². The molecular formula is C28H28ClNO5. The van der Waals surface area contributed by atoms with Gasteiger partial charge in [-0.2, -0.15) is 0 Å². The highest BCUT2D eigenvalue weighted by Crippen LogP contribution is 2.44. The molecule has 35 heavy (non-hydrogen) atoms. The van der Waals surface area contributed by atoms with Crippen LogP contribution in [0, 0.1) is 0 Å². The average molecular weight is 494 g/mol. The summed E-state index contributed by atoms with van der Waals surface area (Å²) in [5.41, 5.74) is 2.38. The molecule has 2 heterocycles. The third-order valence-corrected chi connectivity index (χ3v) is 7.33. The predicted octanol–water partition coefficient (Wildman–Crippen LogP) is 6.74. The first-order valence-corrected chi connectivity index (χ1v) is 12.4. The van der Waals surface area contributed by atoms with E-state index in [9.17, 15) is 14.7 Å². The first-order valence-electron chi connectivity index (χ1n) is 12.0. The molecule has 1 aliphatic carbocycles. The summed E-state index contributed by atoms with van der Waals surface area (Å²) < 4.78 is 11.2. The molecule has 3 aromatic rings. The molecule has 2 aliphatic rings. The Morgan fingerprint density at radius 3 is 2.46 bits per heavy atom. The third kappa shape index (κ3) is 4.00. The van der Waals surface area contributed by atoms with Crippen molar-refractivity contribution in [2.45, 2.75) is 57.5 Å². The highest BCUT2D eigenvalue weighted by molar-refractivity contribution is 6.31. The van der Waals surface area contributed by atoms with Crippen molar-refractivity contribution in [3.63, 3.8) is 0 Å². The van der Waals surface area contributed by atoms with E-state index in [-0.39, 0.29) is 17.4 Å². The van der Waals surface area contributed by atoms with Crippen LogP contribution in [-0.4, -0.2) is 34.8 Å². The maximum absolute atomic E-state index is 13.8. The van der Waals surface area contributed by atoms with Gasteiger partial charge in [-0.25, -0.2) is 0 Å². The molecule has 0 saturated heterocycles. The number of ketones is 1. The van der Waals surface area contributed by atoms with E-state index in [1.807, 2.05) is 24.3 Å². The number of amides is 1. The minimum atomic E-state index is -0.682. The van der Waals surface area contributed by atoms with Crippen molar-refractivity contribution in [3.8, 4) is 5.75 Å². The van der Waals surface area contributed by atoms with E-state index in [1.54, 1.807) is 23.1 Å². The van der Waals surface area contributed by atoms with Gasteiger partial charge in [0.25, 0.3) is 5.91 Å². The second-order valence-electron chi connectivity index (χ2n) is 9.60. The molecule has 1 aliphatic heterocycles. The molecule has 182 valence electrons. The van der Waals surface area contributed by atoms with Crippen LogP contribution >= 0.6 is 11.6 Å². The Balaban J connectivity index is 1.61. The van der Waals surface area contributed by atoms with Crippen LogP contribution in [-0.2, 0) is 4.79 Å². The van der Waals surface area contributed by atoms with Gasteiger partial charge in [-0.05, 0) is 42.0 Å². The molecule has 1 atom stereocenters. The van der Waals surface area contributed by atoms with Crippen molar-refractivity contribution in [3.05, 3.63) is 75.7 Å². The number of ether oxygens (including phenoxy) is 1. The zero-order valence-electron chi connectivity index (χ0n) is 20.0. The maximum Gasteiger partial charge on any atom is 0.290 e. The second-order valence-corrected chi connectivity index (χ2v) is 10.0. The Hall–Kier alpha value is -3.25. The molecule has 7 heteroatoms. The van der Waals surface area contributed by atoms with Crippen molar-refractivity contribution in [1.29, 1.82) is 0 Å². The zero-order valence-corrected chi connectivity index (χ0v) is 20.8. The molecule has 1 fully saturated rings. The second kappa shape index (κ2) is 9.08. The van der Waals surface area contributed by atoms with Gasteiger partial charge in [0, 0.05) is 22.5 Å². The number of nitrogens with zero attached hydrogens (tertiary/aromatic N) is 1. The number of hydrogen-bond acceptors (Lipinski definition) is 5. The Morgan fingerprint density at radius 1 is 1.14 bits per heavy atom. The summed E-state index contributed by atoms with van der Waals surface area (Å²) in [6.07, 6.45) is 3.73. The van der Waals surface area contributed by atoms with Gasteiger partial charge in [-0.15, -0.1) is 0 Å². The van der Waals surface area contributed by atoms with Crippen LogP contribution in [0.1, 0.15) is 73.2 Å². The fourth-order valence-corrected chi connectivity index (χ4v) is 5.50. The number of rotatable bonds is 6. The Morgan fingerprint density at radius 2 is 1.83 bits per heavy atom. The Kier molecular flexibility index (Phi) is 6.09. The number of methoxy groups -OCH3 is 1. The molecule has 0 spiro atoms. The molecule has 0 radical (unpaired) electrons. The van der Waals surface area contributed by atoms with Gasteiger partial charge in [-0.3, -0.25) is 9.59 Å². The summed E-state index contributed by atoms with van der Waals surface area (Å²) in [7, 11) is 1.50. The van der Waals surface area contributed by atoms with E-state index in [4.69, 9.17) is 20.8 Å². The summed E-state index contributed by atoms with van der Waals surface area (Å²) in [6.45, 7) is 4.23. The minimum absolute atomic E-state index is 0.0204. The van der Waals surface area contributed by atoms with Crippen LogP contribution in [0.4, 0.5) is 0 Å². The lowest BCUT2D eigenvalue weighted by atomic mass is 9.92. The Bertz CT molecular complexity index is 1330. The molecule has 2 aromatic carbocycles. The van der Waals surface area contributed by atoms with E-state index in [0.717, 1.165) is 36.8 Å². The van der Waals surface area contributed by atoms with Crippen molar-refractivity contribution in [1.82, 2.24) is 4.90 Å². The van der Waals surface area contributed by atoms with E-state index in [0.29, 0.717) is 27.7 Å². The van der Waals surface area contributed by atoms with E-state index >= 15 is 0 Å². The summed E-state index contributed by atoms with van der Waals surface area (Å²) in [6, 6.07) is 12.1. The molecule has 1 aromatic heterocycles. The highest BCUT2D eigenvalue weighted by Gasteiger charge is 2.47. The summed E-state index contributed by atoms with van der Waals surface area (Å²) >= 11 is 6.18. The highest BCUT2D eigenvalue weighted by atomic mass is 35.5. The van der Waals surface area contributed by atoms with Crippen molar-refractivity contribution in [2.75, 3.05) is 7.11 Å².